The van der Waals surface area contributed by atoms with Crippen LogP contribution < -0.4 is 4.31 Å². The van der Waals surface area contributed by atoms with Crippen LogP contribution >= 0.6 is 0 Å². The molecule has 0 amide bonds. The number of hydrogen-bond donors (Lipinski definition) is 1. The van der Waals surface area contributed by atoms with Gasteiger partial charge < -0.3 is 0 Å². The second-order valence-corrected chi connectivity index (χ2v) is 5.54. The number of benzene rings is 1. The second kappa shape index (κ2) is 4.50. The number of nitrogens with one attached hydrogen (secondary N) is 1. The van der Waals surface area contributed by atoms with E-state index in [4.69, 9.17) is 5.26 Å². The lowest BCUT2D eigenvalue weighted by Crippen LogP contribution is -2.26. The Bertz CT molecular complexity index is 686. The molecule has 0 saturated carbocycles. The highest BCUT2D eigenvalue weighted by Crippen LogP contribution is 2.21. The van der Waals surface area contributed by atoms with Gasteiger partial charge in [-0.25, -0.2) is 8.42 Å². The zero-order valence-corrected chi connectivity index (χ0v) is 10.3. The molecule has 0 atom stereocenters. The third-order valence-corrected chi connectivity index (χ3v) is 4.22. The zero-order valence-electron chi connectivity index (χ0n) is 9.53. The topological polar surface area (TPSA) is 89.8 Å². The Balaban J connectivity index is 2.43. The third kappa shape index (κ3) is 2.06. The predicted molar refractivity (Wildman–Crippen MR) is 65.3 cm³/mol. The van der Waals surface area contributed by atoms with Gasteiger partial charge in [0.25, 0.3) is 10.0 Å². The molecule has 0 saturated heterocycles. The van der Waals surface area contributed by atoms with E-state index in [1.807, 2.05) is 6.07 Å². The summed E-state index contributed by atoms with van der Waals surface area (Å²) >= 11 is 0. The smallest absolute Gasteiger partial charge is 0.267 e. The van der Waals surface area contributed by atoms with Gasteiger partial charge in [-0.05, 0) is 18.2 Å². The number of aromatic amines is 1. The summed E-state index contributed by atoms with van der Waals surface area (Å²) in [4.78, 5) is 0.0763. The standard InChI is InChI=1S/C11H10N4O2S/c1-15(10-4-2-3-9(5-10)6-12)18(16,17)11-7-13-14-8-11/h2-5,7-8H,1H3,(H,13,14). The van der Waals surface area contributed by atoms with Crippen LogP contribution in [0.2, 0.25) is 0 Å². The van der Waals surface area contributed by atoms with E-state index in [9.17, 15) is 8.42 Å². The largest absolute Gasteiger partial charge is 0.284 e. The Labute approximate surface area is 105 Å². The van der Waals surface area contributed by atoms with Gasteiger partial charge in [0.15, 0.2) is 0 Å². The number of sulfonamides is 1. The highest BCUT2D eigenvalue weighted by atomic mass is 32.2. The first kappa shape index (κ1) is 12.1. The maximum atomic E-state index is 12.2. The number of nitrogens with zero attached hydrogens (tertiary/aromatic N) is 3. The van der Waals surface area contributed by atoms with Crippen LogP contribution in [0.1, 0.15) is 5.56 Å². The van der Waals surface area contributed by atoms with Crippen molar-refractivity contribution in [2.45, 2.75) is 4.90 Å². The first-order chi connectivity index (χ1) is 8.55. The normalized spacial score (nSPS) is 10.9. The van der Waals surface area contributed by atoms with Gasteiger partial charge in [-0.2, -0.15) is 10.4 Å². The van der Waals surface area contributed by atoms with Crippen LogP contribution in [0.5, 0.6) is 0 Å². The fourth-order valence-corrected chi connectivity index (χ4v) is 2.54. The molecular weight excluding hydrogens is 252 g/mol. The van der Waals surface area contributed by atoms with E-state index in [1.165, 1.54) is 25.5 Å². The minimum atomic E-state index is -3.64. The molecule has 0 unspecified atom stereocenters. The van der Waals surface area contributed by atoms with Crippen molar-refractivity contribution in [2.24, 2.45) is 0 Å². The van der Waals surface area contributed by atoms with Crippen molar-refractivity contribution in [3.8, 4) is 6.07 Å². The van der Waals surface area contributed by atoms with Crippen LogP contribution in [-0.4, -0.2) is 25.7 Å². The maximum absolute atomic E-state index is 12.2. The maximum Gasteiger partial charge on any atom is 0.267 e. The highest BCUT2D eigenvalue weighted by molar-refractivity contribution is 7.92. The van der Waals surface area contributed by atoms with Gasteiger partial charge in [0.2, 0.25) is 0 Å². The van der Waals surface area contributed by atoms with Crippen molar-refractivity contribution < 1.29 is 8.42 Å². The molecule has 92 valence electrons. The molecule has 2 aromatic rings. The quantitative estimate of drug-likeness (QED) is 0.897. The Morgan fingerprint density at radius 1 is 1.44 bits per heavy atom. The summed E-state index contributed by atoms with van der Waals surface area (Å²) in [6.07, 6.45) is 2.54. The molecule has 0 aliphatic carbocycles. The lowest BCUT2D eigenvalue weighted by molar-refractivity contribution is 0.594. The fraction of sp³-hybridized carbons (Fsp3) is 0.0909. The number of H-pyrrole nitrogens is 1. The summed E-state index contributed by atoms with van der Waals surface area (Å²) in [7, 11) is -2.21. The molecule has 1 heterocycles. The van der Waals surface area contributed by atoms with Crippen molar-refractivity contribution in [2.75, 3.05) is 11.4 Å². The van der Waals surface area contributed by atoms with E-state index in [0.29, 0.717) is 11.3 Å². The highest BCUT2D eigenvalue weighted by Gasteiger charge is 2.22. The lowest BCUT2D eigenvalue weighted by Gasteiger charge is -2.18. The number of nitriles is 1. The molecular formula is C11H10N4O2S. The summed E-state index contributed by atoms with van der Waals surface area (Å²) in [6, 6.07) is 8.35. The van der Waals surface area contributed by atoms with E-state index in [1.54, 1.807) is 18.2 Å². The van der Waals surface area contributed by atoms with Crippen LogP contribution in [0.15, 0.2) is 41.6 Å². The Kier molecular flexibility index (Phi) is 3.04. The van der Waals surface area contributed by atoms with E-state index in [0.717, 1.165) is 4.31 Å². The molecule has 18 heavy (non-hydrogen) atoms. The van der Waals surface area contributed by atoms with Crippen molar-refractivity contribution in [1.82, 2.24) is 10.2 Å². The molecule has 2 rings (SSSR count). The van der Waals surface area contributed by atoms with Crippen LogP contribution in [0.3, 0.4) is 0 Å². The van der Waals surface area contributed by atoms with Gasteiger partial charge in [-0.1, -0.05) is 6.07 Å². The van der Waals surface area contributed by atoms with Gasteiger partial charge >= 0.3 is 0 Å². The average Bonchev–Trinajstić information content (AvgIpc) is 2.92. The number of rotatable bonds is 3. The molecule has 7 heteroatoms. The monoisotopic (exact) mass is 262 g/mol. The summed E-state index contributed by atoms with van der Waals surface area (Å²) in [5.74, 6) is 0. The molecule has 0 spiro atoms. The Morgan fingerprint density at radius 2 is 2.22 bits per heavy atom. The summed E-state index contributed by atoms with van der Waals surface area (Å²) in [5, 5.41) is 14.9. The molecule has 1 aromatic carbocycles. The van der Waals surface area contributed by atoms with Gasteiger partial charge in [-0.3, -0.25) is 9.40 Å². The minimum Gasteiger partial charge on any atom is -0.284 e. The molecule has 0 bridgehead atoms. The Hall–Kier alpha value is -2.33. The van der Waals surface area contributed by atoms with Crippen molar-refractivity contribution in [1.29, 1.82) is 5.26 Å². The van der Waals surface area contributed by atoms with E-state index in [2.05, 4.69) is 10.2 Å². The van der Waals surface area contributed by atoms with Crippen LogP contribution in [0, 0.1) is 11.3 Å². The molecule has 0 radical (unpaired) electrons. The van der Waals surface area contributed by atoms with Crippen molar-refractivity contribution in [3.63, 3.8) is 0 Å². The van der Waals surface area contributed by atoms with E-state index < -0.39 is 10.0 Å². The van der Waals surface area contributed by atoms with Gasteiger partial charge in [-0.15, -0.1) is 0 Å². The van der Waals surface area contributed by atoms with Gasteiger partial charge in [0.1, 0.15) is 4.90 Å². The molecule has 6 nitrogen and oxygen atoms in total. The summed E-state index contributed by atoms with van der Waals surface area (Å²) < 4.78 is 25.5. The van der Waals surface area contributed by atoms with Crippen molar-refractivity contribution >= 4 is 15.7 Å². The fourth-order valence-electron chi connectivity index (χ4n) is 1.45. The molecule has 1 N–H and O–H groups in total. The molecule has 0 aliphatic heterocycles. The molecule has 0 aliphatic rings. The number of hydrogen-bond acceptors (Lipinski definition) is 4. The van der Waals surface area contributed by atoms with E-state index >= 15 is 0 Å². The SMILES string of the molecule is CN(c1cccc(C#N)c1)S(=O)(=O)c1cn[nH]c1. The average molecular weight is 262 g/mol. The Morgan fingerprint density at radius 3 is 2.83 bits per heavy atom. The predicted octanol–water partition coefficient (Wildman–Crippen LogP) is 1.11. The van der Waals surface area contributed by atoms with Gasteiger partial charge in [0, 0.05) is 13.2 Å². The number of anilines is 1. The zero-order chi connectivity index (χ0) is 13.2. The minimum absolute atomic E-state index is 0.0763. The van der Waals surface area contributed by atoms with Gasteiger partial charge in [0.05, 0.1) is 23.5 Å². The first-order valence-corrected chi connectivity index (χ1v) is 6.47. The van der Waals surface area contributed by atoms with E-state index in [-0.39, 0.29) is 4.90 Å². The van der Waals surface area contributed by atoms with Crippen LogP contribution in [-0.2, 0) is 10.0 Å². The summed E-state index contributed by atoms with van der Waals surface area (Å²) in [5.41, 5.74) is 0.831. The lowest BCUT2D eigenvalue weighted by atomic mass is 10.2. The number of aromatic nitrogens is 2. The van der Waals surface area contributed by atoms with Crippen LogP contribution in [0.25, 0.3) is 0 Å². The molecule has 0 fully saturated rings. The summed E-state index contributed by atoms with van der Waals surface area (Å²) in [6.45, 7) is 0. The first-order valence-electron chi connectivity index (χ1n) is 5.03. The van der Waals surface area contributed by atoms with Crippen molar-refractivity contribution in [3.05, 3.63) is 42.2 Å². The second-order valence-electron chi connectivity index (χ2n) is 3.57. The third-order valence-electron chi connectivity index (χ3n) is 2.47. The molecule has 1 aromatic heterocycles. The van der Waals surface area contributed by atoms with Crippen LogP contribution in [0.4, 0.5) is 5.69 Å².